The third kappa shape index (κ3) is 13.5. The number of halogens is 3. The number of nitrogens with zero attached hydrogens (tertiary/aromatic N) is 7. The number of ether oxygens (including phenoxy) is 2. The molecule has 0 spiro atoms. The van der Waals surface area contributed by atoms with Gasteiger partial charge in [-0.05, 0) is 98.4 Å². The highest BCUT2D eigenvalue weighted by molar-refractivity contribution is 7.09. The van der Waals surface area contributed by atoms with E-state index in [2.05, 4.69) is 26.7 Å². The Morgan fingerprint density at radius 3 is 2.39 bits per heavy atom. The second kappa shape index (κ2) is 23.3. The number of alkyl halides is 3. The normalized spacial score (nSPS) is 15.6. The third-order valence-corrected chi connectivity index (χ3v) is 12.5. The minimum Gasteiger partial charge on any atom is -0.467 e. The number of nitrogens with one attached hydrogen (secondary N) is 2. The van der Waals surface area contributed by atoms with Crippen LogP contribution in [0.5, 0.6) is 0 Å². The first kappa shape index (κ1) is 52.2. The summed E-state index contributed by atoms with van der Waals surface area (Å²) in [6.07, 6.45) is 2.54. The van der Waals surface area contributed by atoms with Gasteiger partial charge in [-0.25, -0.2) is 10.4 Å². The van der Waals surface area contributed by atoms with Gasteiger partial charge >= 0.3 is 6.18 Å². The maximum absolute atomic E-state index is 14.4. The molecule has 0 bridgehead atoms. The van der Waals surface area contributed by atoms with E-state index < -0.39 is 42.2 Å². The van der Waals surface area contributed by atoms with Crippen LogP contribution in [-0.2, 0) is 52.8 Å². The summed E-state index contributed by atoms with van der Waals surface area (Å²) >= 11 is 1.05. The summed E-state index contributed by atoms with van der Waals surface area (Å²) in [6, 6.07) is 6.59. The molecule has 2 aliphatic rings. The summed E-state index contributed by atoms with van der Waals surface area (Å²) in [7, 11) is 3.01. The maximum Gasteiger partial charge on any atom is 0.406 e. The van der Waals surface area contributed by atoms with Crippen LogP contribution < -0.4 is 10.7 Å². The van der Waals surface area contributed by atoms with Crippen LogP contribution in [0.2, 0.25) is 0 Å². The first-order chi connectivity index (χ1) is 31.8. The molecule has 4 amide bonds. The third-order valence-electron chi connectivity index (χ3n) is 11.7. The van der Waals surface area contributed by atoms with Gasteiger partial charge in [0.2, 0.25) is 18.2 Å². The molecule has 20 heteroatoms. The number of hydrazine groups is 1. The number of benzene rings is 1. The van der Waals surface area contributed by atoms with E-state index in [1.54, 1.807) is 57.3 Å². The number of methoxy groups -OCH3 is 1. The molecule has 3 aromatic heterocycles. The van der Waals surface area contributed by atoms with Gasteiger partial charge in [0, 0.05) is 80.4 Å². The van der Waals surface area contributed by atoms with Crippen molar-refractivity contribution in [3.63, 3.8) is 0 Å². The van der Waals surface area contributed by atoms with E-state index >= 15 is 0 Å². The minimum atomic E-state index is -4.58. The molecule has 3 atom stereocenters. The molecular formula is C47H62F3N9O7S. The molecular weight excluding hydrogens is 892 g/mol. The number of aromatic nitrogens is 4. The number of carbonyl (C=O) groups excluding carboxylic acids is 5. The summed E-state index contributed by atoms with van der Waals surface area (Å²) in [5, 5.41) is 5.31. The molecule has 4 aromatic rings. The van der Waals surface area contributed by atoms with Crippen molar-refractivity contribution < 1.29 is 46.6 Å². The van der Waals surface area contributed by atoms with Crippen LogP contribution in [0.25, 0.3) is 32.7 Å². The van der Waals surface area contributed by atoms with Gasteiger partial charge in [-0.15, -0.1) is 0 Å². The van der Waals surface area contributed by atoms with Crippen LogP contribution in [0.4, 0.5) is 13.2 Å². The van der Waals surface area contributed by atoms with Gasteiger partial charge in [0.1, 0.15) is 29.5 Å². The molecule has 16 nitrogen and oxygen atoms in total. The van der Waals surface area contributed by atoms with Gasteiger partial charge in [-0.3, -0.25) is 34.0 Å². The van der Waals surface area contributed by atoms with Crippen LogP contribution in [0.3, 0.4) is 0 Å². The lowest BCUT2D eigenvalue weighted by Crippen LogP contribution is -2.59. The largest absolute Gasteiger partial charge is 0.467 e. The number of hydrogen-bond donors (Lipinski definition) is 2. The fraction of sp³-hybridized carbons (Fsp3) is 0.532. The number of likely N-dealkylation sites (N-methyl/N-ethyl adjacent to an activating group) is 1. The summed E-state index contributed by atoms with van der Waals surface area (Å²) in [6.45, 7) is 14.5. The Morgan fingerprint density at radius 2 is 1.78 bits per heavy atom. The molecule has 364 valence electrons. The summed E-state index contributed by atoms with van der Waals surface area (Å²) in [4.78, 5) is 73.4. The summed E-state index contributed by atoms with van der Waals surface area (Å²) in [5.41, 5.74) is 5.13. The van der Waals surface area contributed by atoms with Crippen molar-refractivity contribution in [2.75, 3.05) is 46.9 Å². The molecule has 2 fully saturated rings. The molecule has 6 rings (SSSR count). The number of amides is 4. The van der Waals surface area contributed by atoms with E-state index in [1.807, 2.05) is 18.7 Å². The lowest BCUT2D eigenvalue weighted by atomic mass is 9.84. The van der Waals surface area contributed by atoms with E-state index in [1.165, 1.54) is 34.7 Å². The fourth-order valence-electron chi connectivity index (χ4n) is 8.48. The Labute approximate surface area is 393 Å². The first-order valence-electron chi connectivity index (χ1n) is 22.3. The van der Waals surface area contributed by atoms with Crippen LogP contribution >= 0.6 is 11.5 Å². The predicted octanol–water partition coefficient (Wildman–Crippen LogP) is 6.30. The van der Waals surface area contributed by atoms with E-state index in [9.17, 15) is 37.1 Å². The van der Waals surface area contributed by atoms with Crippen molar-refractivity contribution in [1.29, 1.82) is 0 Å². The molecule has 5 heterocycles. The molecule has 67 heavy (non-hydrogen) atoms. The molecule has 0 aliphatic carbocycles. The molecule has 1 aromatic carbocycles. The first-order valence-corrected chi connectivity index (χ1v) is 23.1. The van der Waals surface area contributed by atoms with Crippen molar-refractivity contribution in [2.45, 2.75) is 104 Å². The van der Waals surface area contributed by atoms with Gasteiger partial charge in [0.25, 0.3) is 12.4 Å². The average Bonchev–Trinajstić information content (AvgIpc) is 4.08. The lowest BCUT2D eigenvalue weighted by Gasteiger charge is -2.33. The Balaban J connectivity index is 0.000000834. The number of rotatable bonds is 19. The van der Waals surface area contributed by atoms with Crippen molar-refractivity contribution in [3.05, 3.63) is 66.3 Å². The molecule has 3 unspecified atom stereocenters. The highest BCUT2D eigenvalue weighted by Gasteiger charge is 2.36. The Hall–Kier alpha value is -5.73. The second-order valence-corrected chi connectivity index (χ2v) is 18.7. The Morgan fingerprint density at radius 1 is 1.06 bits per heavy atom. The van der Waals surface area contributed by atoms with Gasteiger partial charge in [0.15, 0.2) is 0 Å². The summed E-state index contributed by atoms with van der Waals surface area (Å²) in [5.74, 6) is -0.760. The number of likely N-dealkylation sites (tertiary alicyclic amines) is 1. The van der Waals surface area contributed by atoms with Crippen molar-refractivity contribution >= 4 is 53.0 Å². The highest BCUT2D eigenvalue weighted by atomic mass is 32.1. The molecule has 2 aliphatic heterocycles. The van der Waals surface area contributed by atoms with E-state index in [4.69, 9.17) is 14.5 Å². The van der Waals surface area contributed by atoms with E-state index in [0.717, 1.165) is 50.3 Å². The van der Waals surface area contributed by atoms with Gasteiger partial charge in [-0.1, -0.05) is 34.3 Å². The highest BCUT2D eigenvalue weighted by Crippen LogP contribution is 2.43. The van der Waals surface area contributed by atoms with Crippen molar-refractivity contribution in [3.8, 4) is 21.8 Å². The lowest BCUT2D eigenvalue weighted by molar-refractivity contribution is -0.142. The van der Waals surface area contributed by atoms with Crippen LogP contribution in [-0.4, -0.2) is 130 Å². The van der Waals surface area contributed by atoms with Crippen LogP contribution in [0.1, 0.15) is 83.5 Å². The average molecular weight is 954 g/mol. The predicted molar refractivity (Wildman–Crippen MR) is 248 cm³/mol. The zero-order valence-corrected chi connectivity index (χ0v) is 40.0. The number of carbonyl (C=O) groups is 5. The maximum atomic E-state index is 14.4. The monoisotopic (exact) mass is 953 g/mol. The number of pyridine rings is 1. The zero-order valence-electron chi connectivity index (χ0n) is 39.2. The zero-order chi connectivity index (χ0) is 49.1. The van der Waals surface area contributed by atoms with E-state index in [0.29, 0.717) is 70.0 Å². The topological polar surface area (TPSA) is 181 Å². The minimum absolute atomic E-state index is 0.0163. The summed E-state index contributed by atoms with van der Waals surface area (Å²) < 4.78 is 59.9. The number of fused-ring (bicyclic) bond motifs is 1. The fourth-order valence-corrected chi connectivity index (χ4v) is 9.16. The molecule has 0 saturated carbocycles. The van der Waals surface area contributed by atoms with Gasteiger partial charge in [0.05, 0.1) is 24.1 Å². The number of hydrogen-bond acceptors (Lipinski definition) is 12. The molecule has 2 saturated heterocycles. The molecule has 0 radical (unpaired) electrons. The van der Waals surface area contributed by atoms with Crippen LogP contribution in [0.15, 0.2) is 49.2 Å². The van der Waals surface area contributed by atoms with Crippen LogP contribution in [0, 0.1) is 11.3 Å². The molecule has 2 N–H and O–H groups in total. The standard InChI is InChI=1S/C40H51F3N8O6S.C7H11NO/c1-24(2)34(49(6)22-52)36(54)46-30(38(55)51-16-9-8-15-45-51)18-32-47-37(58-48-32)26-12-13-31-28(17-26)29(19-39(4,5)21-57-23-53)35(50(31)20-40(41,42)43)27-11-10-14-44-33(27)25(3)56-7;1-2-7(9)8-5-3-4-6-8/h10-14,17,22-25,30,34,45H,8-9,15-16,18-21H2,1-7H3,(H,46,54);2H,1,3-6H2. The van der Waals surface area contributed by atoms with E-state index in [-0.39, 0.29) is 43.0 Å². The Bertz CT molecular complexity index is 2360. The van der Waals surface area contributed by atoms with Crippen molar-refractivity contribution in [1.82, 2.24) is 44.5 Å². The SMILES string of the molecule is C=CC(=O)N1CCCC1.COC(C)c1ncccc1-c1c(CC(C)(C)COC=O)c2cc(-c3nc(CC(NC(=O)C(C(C)C)N(C)C=O)C(=O)N4CCCCN4)ns3)ccc2n1CC(F)(F)F. The smallest absolute Gasteiger partial charge is 0.406 e. The second-order valence-electron chi connectivity index (χ2n) is 17.9. The van der Waals surface area contributed by atoms with Crippen molar-refractivity contribution in [2.24, 2.45) is 11.3 Å². The Kier molecular flexibility index (Phi) is 18.2. The van der Waals surface area contributed by atoms with Gasteiger partial charge < -0.3 is 29.2 Å². The van der Waals surface area contributed by atoms with Gasteiger partial charge in [-0.2, -0.15) is 17.5 Å². The quantitative estimate of drug-likeness (QED) is 0.0796.